The number of phenolic OH excluding ortho intramolecular Hbond substituents is 2. The highest BCUT2D eigenvalue weighted by atomic mass is 16.7. The maximum absolute atomic E-state index is 10.00. The van der Waals surface area contributed by atoms with E-state index in [-0.39, 0.29) is 11.5 Å². The van der Waals surface area contributed by atoms with Gasteiger partial charge in [0.15, 0.2) is 6.29 Å². The molecule has 0 radical (unpaired) electrons. The van der Waals surface area contributed by atoms with Crippen molar-refractivity contribution in [1.82, 2.24) is 0 Å². The van der Waals surface area contributed by atoms with Gasteiger partial charge in [-0.2, -0.15) is 0 Å². The molecule has 0 spiro atoms. The predicted octanol–water partition coefficient (Wildman–Crippen LogP) is -2.77. The smallest absolute Gasteiger partial charge is 0.229 e. The molecule has 10 atom stereocenters. The van der Waals surface area contributed by atoms with E-state index in [1.165, 1.54) is 18.2 Å². The van der Waals surface area contributed by atoms with Gasteiger partial charge in [-0.3, -0.25) is 0 Å². The highest BCUT2D eigenvalue weighted by Crippen LogP contribution is 2.26. The quantitative estimate of drug-likeness (QED) is 0.157. The molecule has 2 aromatic rings. The second-order valence-electron chi connectivity index (χ2n) is 9.22. The second kappa shape index (κ2) is 14.2. The topological polar surface area (TPSA) is 250 Å². The molecule has 2 saturated heterocycles. The maximum atomic E-state index is 10.00. The molecule has 4 rings (SSSR count). The lowest BCUT2D eigenvalue weighted by Crippen LogP contribution is -2.60. The van der Waals surface area contributed by atoms with E-state index >= 15 is 0 Å². The van der Waals surface area contributed by atoms with E-state index in [0.717, 1.165) is 5.56 Å². The summed E-state index contributed by atoms with van der Waals surface area (Å²) in [6.45, 7) is -1.05. The zero-order chi connectivity index (χ0) is 29.6. The van der Waals surface area contributed by atoms with Gasteiger partial charge in [-0.15, -0.1) is 0 Å². The number of aliphatic hydroxyl groups is 9. The van der Waals surface area contributed by atoms with Gasteiger partial charge in [-0.1, -0.05) is 24.3 Å². The lowest BCUT2D eigenvalue weighted by molar-refractivity contribution is -0.286. The monoisotopic (exact) mass is 570 g/mol. The Kier molecular flexibility index (Phi) is 11.2. The summed E-state index contributed by atoms with van der Waals surface area (Å²) in [5.41, 5.74) is 1.43. The molecule has 2 aliphatic heterocycles. The van der Waals surface area contributed by atoms with E-state index < -0.39 is 74.6 Å². The van der Waals surface area contributed by atoms with Crippen LogP contribution in [0, 0.1) is 0 Å². The van der Waals surface area contributed by atoms with Gasteiger partial charge in [0.1, 0.15) is 66.1 Å². The average Bonchev–Trinajstić information content (AvgIpc) is 2.93. The van der Waals surface area contributed by atoms with Gasteiger partial charge in [0.2, 0.25) is 6.29 Å². The molecular weight excluding hydrogens is 536 g/mol. The first-order valence-electron chi connectivity index (χ1n) is 12.2. The molecule has 222 valence electrons. The number of aliphatic hydroxyl groups excluding tert-OH is 9. The number of hydrogen-bond acceptors (Lipinski definition) is 14. The van der Waals surface area contributed by atoms with Gasteiger partial charge in [0, 0.05) is 6.07 Å². The Morgan fingerprint density at radius 2 is 1.10 bits per heavy atom. The van der Waals surface area contributed by atoms with Crippen molar-refractivity contribution < 1.29 is 70.4 Å². The zero-order valence-electron chi connectivity index (χ0n) is 21.0. The van der Waals surface area contributed by atoms with Crippen molar-refractivity contribution in [1.29, 1.82) is 0 Å². The summed E-state index contributed by atoms with van der Waals surface area (Å²) in [6, 6.07) is 11.0. The van der Waals surface area contributed by atoms with Gasteiger partial charge < -0.3 is 70.4 Å². The Morgan fingerprint density at radius 3 is 1.65 bits per heavy atom. The Morgan fingerprint density at radius 1 is 0.600 bits per heavy atom. The molecule has 0 unspecified atom stereocenters. The average molecular weight is 571 g/mol. The first-order valence-corrected chi connectivity index (χ1v) is 12.2. The predicted molar refractivity (Wildman–Crippen MR) is 136 cm³/mol. The number of ether oxygens (including phenoxy) is 3. The summed E-state index contributed by atoms with van der Waals surface area (Å²) in [5, 5.41) is 102. The summed E-state index contributed by atoms with van der Waals surface area (Å²) in [4.78, 5) is 0. The van der Waals surface area contributed by atoms with Crippen LogP contribution in [-0.4, -0.2) is 131 Å². The molecular formula is C26H34O14. The Labute approximate surface area is 228 Å². The van der Waals surface area contributed by atoms with E-state index in [2.05, 4.69) is 4.74 Å². The Bertz CT molecular complexity index is 1070. The van der Waals surface area contributed by atoms with Crippen LogP contribution in [0.3, 0.4) is 0 Å². The van der Waals surface area contributed by atoms with Gasteiger partial charge >= 0.3 is 0 Å². The number of benzene rings is 2. The third-order valence-corrected chi connectivity index (χ3v) is 6.24. The first-order chi connectivity index (χ1) is 18.9. The number of phenols is 2. The molecule has 2 aliphatic rings. The maximum Gasteiger partial charge on any atom is 0.229 e. The molecule has 40 heavy (non-hydrogen) atoms. The number of hydrogen-bond donors (Lipinski definition) is 11. The van der Waals surface area contributed by atoms with E-state index in [0.29, 0.717) is 11.3 Å². The van der Waals surface area contributed by atoms with Crippen LogP contribution in [0.5, 0.6) is 17.2 Å². The highest BCUT2D eigenvalue weighted by Gasteiger charge is 2.45. The van der Waals surface area contributed by atoms with Crippen LogP contribution in [0.1, 0.15) is 11.1 Å². The SMILES string of the molecule is OC[C@H]1O[C@@H](O)[C@H](O)[C@@H](O)[C@@H]1O.OC[C@H]1O[C@@H](Oc2ccc(/C=C\c3cc(O)cc(O)c3)cc2)[C@H](O)[C@@H](O)[C@@H]1O. The first kappa shape index (κ1) is 31.7. The van der Waals surface area contributed by atoms with Crippen LogP contribution in [0.25, 0.3) is 12.2 Å². The van der Waals surface area contributed by atoms with Crippen LogP contribution in [0.2, 0.25) is 0 Å². The van der Waals surface area contributed by atoms with Crippen molar-refractivity contribution in [2.45, 2.75) is 61.4 Å². The molecule has 0 bridgehead atoms. The summed E-state index contributed by atoms with van der Waals surface area (Å²) in [5.74, 6) is 0.280. The molecule has 0 aliphatic carbocycles. The van der Waals surface area contributed by atoms with Gasteiger partial charge in [-0.25, -0.2) is 0 Å². The second-order valence-corrected chi connectivity index (χ2v) is 9.22. The molecule has 11 N–H and O–H groups in total. The molecule has 2 fully saturated rings. The van der Waals surface area contributed by atoms with Crippen LogP contribution in [0.4, 0.5) is 0 Å². The molecule has 0 aromatic heterocycles. The van der Waals surface area contributed by atoms with E-state index in [4.69, 9.17) is 35.0 Å². The van der Waals surface area contributed by atoms with Crippen LogP contribution in [0.15, 0.2) is 42.5 Å². The van der Waals surface area contributed by atoms with Gasteiger partial charge in [0.25, 0.3) is 0 Å². The lowest BCUT2D eigenvalue weighted by Gasteiger charge is -2.39. The van der Waals surface area contributed by atoms with Crippen LogP contribution < -0.4 is 4.74 Å². The molecule has 0 saturated carbocycles. The normalized spacial score (nSPS) is 34.2. The van der Waals surface area contributed by atoms with Crippen molar-refractivity contribution in [3.63, 3.8) is 0 Å². The van der Waals surface area contributed by atoms with Crippen molar-refractivity contribution in [3.05, 3.63) is 53.6 Å². The van der Waals surface area contributed by atoms with Gasteiger partial charge in [-0.05, 0) is 35.4 Å². The largest absolute Gasteiger partial charge is 0.508 e. The van der Waals surface area contributed by atoms with Crippen molar-refractivity contribution in [3.8, 4) is 17.2 Å². The lowest BCUT2D eigenvalue weighted by atomic mass is 9.99. The standard InChI is InChI=1S/C20H22O8.C6H12O6/c21-10-16-17(24)18(25)19(26)20(28-16)27-15-5-3-11(4-6-15)1-2-12-7-13(22)9-14(23)8-12;7-1-2-3(8)4(9)5(10)6(11)12-2/h1-9,16-26H,10H2;2-11H,1H2/b2-1-;/t16-,17-,18+,19-,20-;2-,3-,4+,5-,6-/m11/s1. The summed E-state index contributed by atoms with van der Waals surface area (Å²) in [7, 11) is 0. The fourth-order valence-corrected chi connectivity index (χ4v) is 3.94. The van der Waals surface area contributed by atoms with Crippen molar-refractivity contribution in [2.75, 3.05) is 13.2 Å². The number of rotatable bonds is 6. The van der Waals surface area contributed by atoms with Crippen molar-refractivity contribution >= 4 is 12.2 Å². The Hall–Kier alpha value is -2.86. The minimum absolute atomic E-state index is 0.0390. The summed E-state index contributed by atoms with van der Waals surface area (Å²) < 4.78 is 15.4. The molecule has 2 heterocycles. The highest BCUT2D eigenvalue weighted by molar-refractivity contribution is 5.71. The molecule has 14 heteroatoms. The van der Waals surface area contributed by atoms with E-state index in [9.17, 15) is 30.6 Å². The van der Waals surface area contributed by atoms with Crippen molar-refractivity contribution in [2.24, 2.45) is 0 Å². The summed E-state index contributed by atoms with van der Waals surface area (Å²) >= 11 is 0. The third-order valence-electron chi connectivity index (χ3n) is 6.24. The minimum Gasteiger partial charge on any atom is -0.508 e. The van der Waals surface area contributed by atoms with Crippen LogP contribution >= 0.6 is 0 Å². The van der Waals surface area contributed by atoms with Crippen LogP contribution in [-0.2, 0) is 9.47 Å². The molecule has 0 amide bonds. The zero-order valence-corrected chi connectivity index (χ0v) is 21.0. The Balaban J connectivity index is 0.000000307. The van der Waals surface area contributed by atoms with Gasteiger partial charge in [0.05, 0.1) is 13.2 Å². The minimum atomic E-state index is -1.57. The van der Waals surface area contributed by atoms with E-state index in [1.54, 1.807) is 36.4 Å². The number of aromatic hydroxyl groups is 2. The fourth-order valence-electron chi connectivity index (χ4n) is 3.94. The molecule has 14 nitrogen and oxygen atoms in total. The molecule has 2 aromatic carbocycles. The summed E-state index contributed by atoms with van der Waals surface area (Å²) in [6.07, 6.45) is -10.3. The van der Waals surface area contributed by atoms with E-state index in [1.807, 2.05) is 0 Å². The fraction of sp³-hybridized carbons (Fsp3) is 0.462. The third kappa shape index (κ3) is 7.87.